The van der Waals surface area contributed by atoms with Crippen LogP contribution in [0.15, 0.2) is 18.2 Å². The maximum Gasteiger partial charge on any atom is 0.127 e. The predicted molar refractivity (Wildman–Crippen MR) is 75.2 cm³/mol. The first kappa shape index (κ1) is 14.8. The summed E-state index contributed by atoms with van der Waals surface area (Å²) in [5.74, 6) is 2.35. The summed E-state index contributed by atoms with van der Waals surface area (Å²) < 4.78 is 11.2. The fraction of sp³-hybridized carbons (Fsp3) is 0.600. The average Bonchev–Trinajstić information content (AvgIpc) is 2.33. The zero-order valence-electron chi connectivity index (χ0n) is 11.9. The Morgan fingerprint density at radius 2 is 1.83 bits per heavy atom. The number of benzene rings is 1. The molecular formula is C15H25NO2. The van der Waals surface area contributed by atoms with Gasteiger partial charge in [-0.25, -0.2) is 0 Å². The van der Waals surface area contributed by atoms with Crippen LogP contribution in [0.1, 0.15) is 45.2 Å². The van der Waals surface area contributed by atoms with Gasteiger partial charge in [0.25, 0.3) is 0 Å². The number of ether oxygens (including phenoxy) is 2. The zero-order valence-corrected chi connectivity index (χ0v) is 11.9. The molecule has 0 amide bonds. The van der Waals surface area contributed by atoms with Crippen molar-refractivity contribution < 1.29 is 9.47 Å². The minimum Gasteiger partial charge on any atom is -0.496 e. The molecule has 0 spiro atoms. The van der Waals surface area contributed by atoms with Crippen molar-refractivity contribution >= 4 is 0 Å². The summed E-state index contributed by atoms with van der Waals surface area (Å²) in [6.07, 6.45) is 2.24. The highest BCUT2D eigenvalue weighted by molar-refractivity contribution is 5.46. The van der Waals surface area contributed by atoms with Crippen LogP contribution in [-0.2, 0) is 0 Å². The molecule has 102 valence electrons. The molecule has 0 radical (unpaired) electrons. The monoisotopic (exact) mass is 251 g/mol. The fourth-order valence-corrected chi connectivity index (χ4v) is 1.95. The molecule has 2 N–H and O–H groups in total. The molecule has 0 unspecified atom stereocenters. The minimum atomic E-state index is -0.0961. The summed E-state index contributed by atoms with van der Waals surface area (Å²) in [4.78, 5) is 0. The highest BCUT2D eigenvalue weighted by atomic mass is 16.5. The van der Waals surface area contributed by atoms with Crippen LogP contribution in [-0.4, -0.2) is 13.7 Å². The summed E-state index contributed by atoms with van der Waals surface area (Å²) in [6.45, 7) is 7.11. The third-order valence-corrected chi connectivity index (χ3v) is 2.88. The molecule has 0 bridgehead atoms. The van der Waals surface area contributed by atoms with Crippen molar-refractivity contribution in [2.75, 3.05) is 13.7 Å². The summed E-state index contributed by atoms with van der Waals surface area (Å²) in [5.41, 5.74) is 6.93. The normalized spacial score (nSPS) is 12.6. The zero-order chi connectivity index (χ0) is 13.5. The van der Waals surface area contributed by atoms with Crippen LogP contribution >= 0.6 is 0 Å². The largest absolute Gasteiger partial charge is 0.496 e. The molecule has 1 aromatic rings. The van der Waals surface area contributed by atoms with Crippen molar-refractivity contribution in [2.45, 2.75) is 39.7 Å². The molecule has 1 aromatic carbocycles. The number of methoxy groups -OCH3 is 1. The summed E-state index contributed by atoms with van der Waals surface area (Å²) in [6, 6.07) is 5.71. The van der Waals surface area contributed by atoms with E-state index in [1.165, 1.54) is 6.42 Å². The van der Waals surface area contributed by atoms with Gasteiger partial charge in [0, 0.05) is 6.04 Å². The van der Waals surface area contributed by atoms with E-state index in [9.17, 15) is 0 Å². The Hall–Kier alpha value is -1.22. The van der Waals surface area contributed by atoms with E-state index in [1.807, 2.05) is 25.1 Å². The molecule has 0 aliphatic heterocycles. The van der Waals surface area contributed by atoms with Crippen LogP contribution in [0.3, 0.4) is 0 Å². The summed E-state index contributed by atoms with van der Waals surface area (Å²) >= 11 is 0. The lowest BCUT2D eigenvalue weighted by Gasteiger charge is -2.17. The second-order valence-electron chi connectivity index (χ2n) is 5.05. The van der Waals surface area contributed by atoms with Gasteiger partial charge in [0.1, 0.15) is 11.5 Å². The molecule has 0 aromatic heterocycles. The molecule has 0 aliphatic rings. The standard InChI is InChI=1S/C15H25NO2/c1-11(2)7-6-10-18-14-9-5-8-13(17-4)15(14)12(3)16/h5,8-9,11-12H,6-7,10,16H2,1-4H3/t12-/m0/s1. The van der Waals surface area contributed by atoms with E-state index in [-0.39, 0.29) is 6.04 Å². The van der Waals surface area contributed by atoms with Gasteiger partial charge in [-0.05, 0) is 37.8 Å². The van der Waals surface area contributed by atoms with E-state index >= 15 is 0 Å². The molecule has 0 saturated heterocycles. The van der Waals surface area contributed by atoms with Crippen LogP contribution in [0.4, 0.5) is 0 Å². The average molecular weight is 251 g/mol. The van der Waals surface area contributed by atoms with Crippen LogP contribution in [0.2, 0.25) is 0 Å². The van der Waals surface area contributed by atoms with Gasteiger partial charge in [-0.2, -0.15) is 0 Å². The van der Waals surface area contributed by atoms with E-state index in [1.54, 1.807) is 7.11 Å². The Labute approximate surface area is 110 Å². The lowest BCUT2D eigenvalue weighted by atomic mass is 10.1. The quantitative estimate of drug-likeness (QED) is 0.754. The van der Waals surface area contributed by atoms with Gasteiger partial charge in [-0.1, -0.05) is 19.9 Å². The first-order valence-electron chi connectivity index (χ1n) is 6.61. The van der Waals surface area contributed by atoms with Gasteiger partial charge in [-0.15, -0.1) is 0 Å². The second kappa shape index (κ2) is 7.27. The third-order valence-electron chi connectivity index (χ3n) is 2.88. The van der Waals surface area contributed by atoms with E-state index < -0.39 is 0 Å². The SMILES string of the molecule is COc1cccc(OCCCC(C)C)c1[C@H](C)N. The molecule has 0 fully saturated rings. The van der Waals surface area contributed by atoms with E-state index in [0.717, 1.165) is 30.1 Å². The molecule has 1 atom stereocenters. The second-order valence-corrected chi connectivity index (χ2v) is 5.05. The molecule has 3 heteroatoms. The van der Waals surface area contributed by atoms with Crippen molar-refractivity contribution in [3.63, 3.8) is 0 Å². The maximum atomic E-state index is 5.98. The number of rotatable bonds is 7. The molecule has 1 rings (SSSR count). The summed E-state index contributed by atoms with van der Waals surface area (Å²) in [5, 5.41) is 0. The number of hydrogen-bond acceptors (Lipinski definition) is 3. The molecule has 18 heavy (non-hydrogen) atoms. The van der Waals surface area contributed by atoms with Gasteiger partial charge in [0.05, 0.1) is 19.3 Å². The minimum absolute atomic E-state index is 0.0961. The lowest BCUT2D eigenvalue weighted by Crippen LogP contribution is -2.10. The highest BCUT2D eigenvalue weighted by Crippen LogP contribution is 2.32. The first-order chi connectivity index (χ1) is 8.56. The predicted octanol–water partition coefficient (Wildman–Crippen LogP) is 3.53. The van der Waals surface area contributed by atoms with Gasteiger partial charge in [0.2, 0.25) is 0 Å². The van der Waals surface area contributed by atoms with E-state index in [4.69, 9.17) is 15.2 Å². The maximum absolute atomic E-state index is 5.98. The number of hydrogen-bond donors (Lipinski definition) is 1. The summed E-state index contributed by atoms with van der Waals surface area (Å²) in [7, 11) is 1.66. The molecule has 3 nitrogen and oxygen atoms in total. The van der Waals surface area contributed by atoms with E-state index in [2.05, 4.69) is 13.8 Å². The van der Waals surface area contributed by atoms with Crippen molar-refractivity contribution in [2.24, 2.45) is 11.7 Å². The van der Waals surface area contributed by atoms with Crippen molar-refractivity contribution in [3.05, 3.63) is 23.8 Å². The molecular weight excluding hydrogens is 226 g/mol. The Bertz CT molecular complexity index is 362. The lowest BCUT2D eigenvalue weighted by molar-refractivity contribution is 0.290. The smallest absolute Gasteiger partial charge is 0.127 e. The van der Waals surface area contributed by atoms with Gasteiger partial charge in [-0.3, -0.25) is 0 Å². The van der Waals surface area contributed by atoms with Crippen LogP contribution in [0.5, 0.6) is 11.5 Å². The fourth-order valence-electron chi connectivity index (χ4n) is 1.95. The topological polar surface area (TPSA) is 44.5 Å². The van der Waals surface area contributed by atoms with Crippen LogP contribution in [0, 0.1) is 5.92 Å². The Morgan fingerprint density at radius 1 is 1.17 bits per heavy atom. The highest BCUT2D eigenvalue weighted by Gasteiger charge is 2.14. The molecule has 0 aliphatic carbocycles. The van der Waals surface area contributed by atoms with Gasteiger partial charge < -0.3 is 15.2 Å². The third kappa shape index (κ3) is 4.22. The van der Waals surface area contributed by atoms with Crippen molar-refractivity contribution in [1.82, 2.24) is 0 Å². The van der Waals surface area contributed by atoms with Crippen LogP contribution < -0.4 is 15.2 Å². The van der Waals surface area contributed by atoms with Gasteiger partial charge >= 0.3 is 0 Å². The molecule has 0 heterocycles. The Kier molecular flexibility index (Phi) is 5.99. The first-order valence-corrected chi connectivity index (χ1v) is 6.61. The van der Waals surface area contributed by atoms with Gasteiger partial charge in [0.15, 0.2) is 0 Å². The Morgan fingerprint density at radius 3 is 2.39 bits per heavy atom. The van der Waals surface area contributed by atoms with Crippen LogP contribution in [0.25, 0.3) is 0 Å². The van der Waals surface area contributed by atoms with Crippen molar-refractivity contribution in [1.29, 1.82) is 0 Å². The molecule has 0 saturated carbocycles. The van der Waals surface area contributed by atoms with Crippen molar-refractivity contribution in [3.8, 4) is 11.5 Å². The Balaban J connectivity index is 2.69. The van der Waals surface area contributed by atoms with E-state index in [0.29, 0.717) is 5.92 Å². The number of nitrogens with two attached hydrogens (primary N) is 1.